The Morgan fingerprint density at radius 2 is 2.35 bits per heavy atom. The molecule has 17 heavy (non-hydrogen) atoms. The monoisotopic (exact) mass is 238 g/mol. The molecule has 0 bridgehead atoms. The molecule has 0 aromatic carbocycles. The molecule has 0 amide bonds. The van der Waals surface area contributed by atoms with E-state index in [2.05, 4.69) is 34.3 Å². The van der Waals surface area contributed by atoms with Gasteiger partial charge in [0.05, 0.1) is 6.04 Å². The molecular weight excluding hydrogens is 216 g/mol. The van der Waals surface area contributed by atoms with Gasteiger partial charge in [-0.3, -0.25) is 4.90 Å². The number of hydrogen-bond donors (Lipinski definition) is 1. The zero-order valence-electron chi connectivity index (χ0n) is 10.9. The first-order chi connectivity index (χ1) is 8.20. The van der Waals surface area contributed by atoms with E-state index in [0.717, 1.165) is 31.1 Å². The third-order valence-corrected chi connectivity index (χ3v) is 3.53. The van der Waals surface area contributed by atoms with Gasteiger partial charge in [0.25, 0.3) is 0 Å². The summed E-state index contributed by atoms with van der Waals surface area (Å²) in [7, 11) is 4.08. The fourth-order valence-corrected chi connectivity index (χ4v) is 2.25. The highest BCUT2D eigenvalue weighted by atomic mass is 16.5. The molecule has 1 aromatic rings. The summed E-state index contributed by atoms with van der Waals surface area (Å²) in [6.45, 7) is 3.23. The largest absolute Gasteiger partial charge is 0.339 e. The predicted octanol–water partition coefficient (Wildman–Crippen LogP) is 1.38. The first-order valence-electron chi connectivity index (χ1n) is 6.40. The number of aromatic nitrogens is 2. The first kappa shape index (κ1) is 12.5. The van der Waals surface area contributed by atoms with Crippen LogP contribution in [0.3, 0.4) is 0 Å². The summed E-state index contributed by atoms with van der Waals surface area (Å²) in [6.07, 6.45) is 4.46. The molecule has 5 nitrogen and oxygen atoms in total. The van der Waals surface area contributed by atoms with Gasteiger partial charge in [-0.25, -0.2) is 0 Å². The number of likely N-dealkylation sites (tertiary alicyclic amines) is 1. The Morgan fingerprint density at radius 1 is 1.53 bits per heavy atom. The number of rotatable bonds is 4. The molecule has 1 aliphatic heterocycles. The lowest BCUT2D eigenvalue weighted by atomic mass is 10.0. The summed E-state index contributed by atoms with van der Waals surface area (Å²) in [4.78, 5) is 6.83. The van der Waals surface area contributed by atoms with Gasteiger partial charge in [-0.1, -0.05) is 11.6 Å². The number of piperidine rings is 1. The van der Waals surface area contributed by atoms with E-state index < -0.39 is 0 Å². The molecule has 2 rings (SSSR count). The van der Waals surface area contributed by atoms with Gasteiger partial charge in [0.2, 0.25) is 5.89 Å². The van der Waals surface area contributed by atoms with Gasteiger partial charge in [-0.2, -0.15) is 4.98 Å². The molecule has 1 aromatic heterocycles. The standard InChI is InChI=1S/C12H22N4O/c1-9(13-2)8-11-14-12(15-17-11)10-6-4-5-7-16(10)3/h9-10,13H,4-8H2,1-3H3. The van der Waals surface area contributed by atoms with E-state index in [-0.39, 0.29) is 0 Å². The van der Waals surface area contributed by atoms with Crippen LogP contribution in [0.15, 0.2) is 4.52 Å². The van der Waals surface area contributed by atoms with Crippen molar-refractivity contribution in [2.24, 2.45) is 0 Å². The molecule has 1 fully saturated rings. The van der Waals surface area contributed by atoms with Gasteiger partial charge in [0.15, 0.2) is 5.82 Å². The van der Waals surface area contributed by atoms with Crippen LogP contribution in [-0.2, 0) is 6.42 Å². The zero-order chi connectivity index (χ0) is 12.3. The smallest absolute Gasteiger partial charge is 0.228 e. The second-order valence-corrected chi connectivity index (χ2v) is 4.93. The highest BCUT2D eigenvalue weighted by Gasteiger charge is 2.25. The fourth-order valence-electron chi connectivity index (χ4n) is 2.25. The number of hydrogen-bond acceptors (Lipinski definition) is 5. The van der Waals surface area contributed by atoms with Gasteiger partial charge in [-0.15, -0.1) is 0 Å². The average Bonchev–Trinajstić information content (AvgIpc) is 2.78. The van der Waals surface area contributed by atoms with Crippen molar-refractivity contribution in [2.75, 3.05) is 20.6 Å². The highest BCUT2D eigenvalue weighted by molar-refractivity contribution is 4.97. The van der Waals surface area contributed by atoms with Crippen LogP contribution in [0.2, 0.25) is 0 Å². The molecule has 2 atom stereocenters. The van der Waals surface area contributed by atoms with Crippen molar-refractivity contribution in [3.8, 4) is 0 Å². The molecule has 96 valence electrons. The summed E-state index contributed by atoms with van der Waals surface area (Å²) in [5.41, 5.74) is 0. The summed E-state index contributed by atoms with van der Waals surface area (Å²) < 4.78 is 5.31. The van der Waals surface area contributed by atoms with Crippen LogP contribution in [0.5, 0.6) is 0 Å². The molecule has 0 saturated carbocycles. The van der Waals surface area contributed by atoms with Crippen LogP contribution < -0.4 is 5.32 Å². The zero-order valence-corrected chi connectivity index (χ0v) is 10.9. The first-order valence-corrected chi connectivity index (χ1v) is 6.40. The molecule has 1 aliphatic rings. The van der Waals surface area contributed by atoms with Gasteiger partial charge < -0.3 is 9.84 Å². The highest BCUT2D eigenvalue weighted by Crippen LogP contribution is 2.27. The van der Waals surface area contributed by atoms with Gasteiger partial charge in [0, 0.05) is 12.5 Å². The maximum atomic E-state index is 5.31. The van der Waals surface area contributed by atoms with Crippen LogP contribution in [0.4, 0.5) is 0 Å². The van der Waals surface area contributed by atoms with Gasteiger partial charge in [-0.05, 0) is 40.4 Å². The van der Waals surface area contributed by atoms with Crippen molar-refractivity contribution >= 4 is 0 Å². The average molecular weight is 238 g/mol. The van der Waals surface area contributed by atoms with Crippen LogP contribution >= 0.6 is 0 Å². The second-order valence-electron chi connectivity index (χ2n) is 4.93. The van der Waals surface area contributed by atoms with E-state index in [1.54, 1.807) is 0 Å². The Bertz CT molecular complexity index is 352. The van der Waals surface area contributed by atoms with E-state index in [4.69, 9.17) is 4.52 Å². The lowest BCUT2D eigenvalue weighted by Gasteiger charge is -2.29. The van der Waals surface area contributed by atoms with Gasteiger partial charge in [0.1, 0.15) is 0 Å². The SMILES string of the molecule is CNC(C)Cc1nc(C2CCCCN2C)no1. The maximum absolute atomic E-state index is 5.31. The number of nitrogens with zero attached hydrogens (tertiary/aromatic N) is 3. The minimum Gasteiger partial charge on any atom is -0.339 e. The lowest BCUT2D eigenvalue weighted by molar-refractivity contribution is 0.176. The van der Waals surface area contributed by atoms with Gasteiger partial charge >= 0.3 is 0 Å². The van der Waals surface area contributed by atoms with Crippen molar-refractivity contribution in [2.45, 2.75) is 44.7 Å². The molecule has 0 radical (unpaired) electrons. The van der Waals surface area contributed by atoms with E-state index in [9.17, 15) is 0 Å². The van der Waals surface area contributed by atoms with E-state index in [0.29, 0.717) is 12.1 Å². The molecule has 2 heterocycles. The van der Waals surface area contributed by atoms with Crippen LogP contribution in [0, 0.1) is 0 Å². The molecule has 0 aliphatic carbocycles. The second kappa shape index (κ2) is 5.60. The lowest BCUT2D eigenvalue weighted by Crippen LogP contribution is -2.30. The van der Waals surface area contributed by atoms with Crippen molar-refractivity contribution in [3.63, 3.8) is 0 Å². The van der Waals surface area contributed by atoms with E-state index >= 15 is 0 Å². The predicted molar refractivity (Wildman–Crippen MR) is 65.7 cm³/mol. The minimum atomic E-state index is 0.339. The summed E-state index contributed by atoms with van der Waals surface area (Å²) in [6, 6.07) is 0.707. The Hall–Kier alpha value is -0.940. The van der Waals surface area contributed by atoms with Crippen molar-refractivity contribution in [1.82, 2.24) is 20.4 Å². The third-order valence-electron chi connectivity index (χ3n) is 3.53. The van der Waals surface area contributed by atoms with Crippen LogP contribution in [-0.4, -0.2) is 41.7 Å². The van der Waals surface area contributed by atoms with Crippen LogP contribution in [0.1, 0.15) is 43.9 Å². The normalized spacial score (nSPS) is 23.8. The number of nitrogens with one attached hydrogen (secondary N) is 1. The Labute approximate surface area is 103 Å². The molecule has 2 unspecified atom stereocenters. The van der Waals surface area contributed by atoms with E-state index in [1.165, 1.54) is 12.8 Å². The minimum absolute atomic E-state index is 0.339. The molecular formula is C12H22N4O. The molecule has 1 N–H and O–H groups in total. The number of likely N-dealkylation sites (N-methyl/N-ethyl adjacent to an activating group) is 1. The molecule has 5 heteroatoms. The molecule has 1 saturated heterocycles. The Morgan fingerprint density at radius 3 is 3.06 bits per heavy atom. The summed E-state index contributed by atoms with van der Waals surface area (Å²) in [5.74, 6) is 1.59. The molecule has 0 spiro atoms. The summed E-state index contributed by atoms with van der Waals surface area (Å²) >= 11 is 0. The Kier molecular flexibility index (Phi) is 4.12. The maximum Gasteiger partial charge on any atom is 0.228 e. The Balaban J connectivity index is 2.01. The topological polar surface area (TPSA) is 54.2 Å². The van der Waals surface area contributed by atoms with Crippen molar-refractivity contribution in [1.29, 1.82) is 0 Å². The quantitative estimate of drug-likeness (QED) is 0.858. The van der Waals surface area contributed by atoms with E-state index in [1.807, 2.05) is 7.05 Å². The van der Waals surface area contributed by atoms with Crippen molar-refractivity contribution < 1.29 is 4.52 Å². The third kappa shape index (κ3) is 3.04. The summed E-state index contributed by atoms with van der Waals surface area (Å²) in [5, 5.41) is 7.29. The van der Waals surface area contributed by atoms with Crippen molar-refractivity contribution in [3.05, 3.63) is 11.7 Å². The fraction of sp³-hybridized carbons (Fsp3) is 0.833. The van der Waals surface area contributed by atoms with Crippen LogP contribution in [0.25, 0.3) is 0 Å².